The summed E-state index contributed by atoms with van der Waals surface area (Å²) in [5.41, 5.74) is -0.809. The summed E-state index contributed by atoms with van der Waals surface area (Å²) in [6.07, 6.45) is 0. The number of hydrogen-bond acceptors (Lipinski definition) is 2. The summed E-state index contributed by atoms with van der Waals surface area (Å²) in [5, 5.41) is 2.57. The normalized spacial score (nSPS) is 17.7. The number of fused-ring (bicyclic) bond motifs is 1. The van der Waals surface area contributed by atoms with Crippen LogP contribution in [0.4, 0.5) is 4.39 Å². The fraction of sp³-hybridized carbons (Fsp3) is 0.300. The van der Waals surface area contributed by atoms with Crippen molar-refractivity contribution in [1.29, 1.82) is 0 Å². The Kier molecular flexibility index (Phi) is 2.37. The number of benzene rings is 1. The van der Waals surface area contributed by atoms with Crippen LogP contribution >= 0.6 is 22.6 Å². The third-order valence-electron chi connectivity index (χ3n) is 2.03. The van der Waals surface area contributed by atoms with Gasteiger partial charge in [-0.25, -0.2) is 4.39 Å². The van der Waals surface area contributed by atoms with Gasteiger partial charge in [0.25, 0.3) is 5.91 Å². The Balaban J connectivity index is 2.60. The van der Waals surface area contributed by atoms with Crippen molar-refractivity contribution in [2.45, 2.75) is 19.6 Å². The minimum absolute atomic E-state index is 0.0188. The molecule has 1 amide bonds. The van der Waals surface area contributed by atoms with Gasteiger partial charge in [0.15, 0.2) is 5.72 Å². The van der Waals surface area contributed by atoms with Gasteiger partial charge in [0.05, 0.1) is 0 Å². The summed E-state index contributed by atoms with van der Waals surface area (Å²) in [7, 11) is 0. The lowest BCUT2D eigenvalue weighted by molar-refractivity contribution is 0.0423. The number of nitrogens with one attached hydrogen (secondary N) is 1. The molecule has 80 valence electrons. The second-order valence-corrected chi connectivity index (χ2v) is 5.07. The van der Waals surface area contributed by atoms with Crippen LogP contribution in [0.2, 0.25) is 0 Å². The van der Waals surface area contributed by atoms with Crippen molar-refractivity contribution >= 4 is 28.5 Å². The second-order valence-electron chi connectivity index (χ2n) is 3.83. The van der Waals surface area contributed by atoms with E-state index < -0.39 is 17.4 Å². The lowest BCUT2D eigenvalue weighted by Crippen LogP contribution is -2.51. The molecule has 0 saturated carbocycles. The number of halogens is 2. The van der Waals surface area contributed by atoms with Crippen molar-refractivity contribution in [3.05, 3.63) is 27.1 Å². The summed E-state index contributed by atoms with van der Waals surface area (Å²) in [6, 6.07) is 2.96. The summed E-state index contributed by atoms with van der Waals surface area (Å²) >= 11 is 1.98. The maximum Gasteiger partial charge on any atom is 0.261 e. The van der Waals surface area contributed by atoms with E-state index in [4.69, 9.17) is 4.74 Å². The molecule has 1 aliphatic rings. The van der Waals surface area contributed by atoms with E-state index >= 15 is 0 Å². The molecule has 1 aromatic carbocycles. The Morgan fingerprint density at radius 2 is 2.13 bits per heavy atom. The molecule has 1 heterocycles. The van der Waals surface area contributed by atoms with E-state index in [1.807, 2.05) is 22.6 Å². The summed E-state index contributed by atoms with van der Waals surface area (Å²) in [6.45, 7) is 3.43. The Morgan fingerprint density at radius 1 is 1.47 bits per heavy atom. The maximum absolute atomic E-state index is 13.5. The highest BCUT2D eigenvalue weighted by atomic mass is 127. The van der Waals surface area contributed by atoms with Gasteiger partial charge in [0, 0.05) is 3.57 Å². The fourth-order valence-corrected chi connectivity index (χ4v) is 2.04. The molecule has 0 unspecified atom stereocenters. The molecule has 0 fully saturated rings. The Morgan fingerprint density at radius 3 is 2.80 bits per heavy atom. The Hall–Kier alpha value is -0.850. The fourth-order valence-electron chi connectivity index (χ4n) is 1.49. The Bertz CT molecular complexity index is 445. The molecule has 1 aliphatic heterocycles. The van der Waals surface area contributed by atoms with Crippen LogP contribution in [0.5, 0.6) is 5.75 Å². The number of ether oxygens (including phenoxy) is 1. The summed E-state index contributed by atoms with van der Waals surface area (Å²) in [5.74, 6) is -0.687. The average molecular weight is 321 g/mol. The van der Waals surface area contributed by atoms with Gasteiger partial charge < -0.3 is 10.1 Å². The van der Waals surface area contributed by atoms with Crippen molar-refractivity contribution in [3.8, 4) is 5.75 Å². The van der Waals surface area contributed by atoms with Gasteiger partial charge in [-0.2, -0.15) is 0 Å². The van der Waals surface area contributed by atoms with Crippen molar-refractivity contribution in [2.75, 3.05) is 0 Å². The van der Waals surface area contributed by atoms with E-state index in [-0.39, 0.29) is 5.56 Å². The highest BCUT2D eigenvalue weighted by molar-refractivity contribution is 14.1. The molecule has 1 aromatic rings. The van der Waals surface area contributed by atoms with E-state index in [2.05, 4.69) is 5.32 Å². The quantitative estimate of drug-likeness (QED) is 0.745. The van der Waals surface area contributed by atoms with Gasteiger partial charge in [-0.3, -0.25) is 4.79 Å². The molecule has 0 spiro atoms. The molecule has 5 heteroatoms. The average Bonchev–Trinajstić information content (AvgIpc) is 1.97. The minimum atomic E-state index is -0.791. The monoisotopic (exact) mass is 321 g/mol. The third kappa shape index (κ3) is 1.92. The predicted molar refractivity (Wildman–Crippen MR) is 61.3 cm³/mol. The molecule has 15 heavy (non-hydrogen) atoms. The zero-order valence-electron chi connectivity index (χ0n) is 8.23. The molecular weight excluding hydrogens is 312 g/mol. The van der Waals surface area contributed by atoms with Gasteiger partial charge in [-0.05, 0) is 48.6 Å². The largest absolute Gasteiger partial charge is 0.468 e. The van der Waals surface area contributed by atoms with Crippen LogP contribution in [0.25, 0.3) is 0 Å². The number of hydrogen-bond donors (Lipinski definition) is 1. The first-order valence-corrected chi connectivity index (χ1v) is 5.47. The topological polar surface area (TPSA) is 38.3 Å². The summed E-state index contributed by atoms with van der Waals surface area (Å²) < 4.78 is 19.7. The first-order valence-electron chi connectivity index (χ1n) is 4.40. The van der Waals surface area contributed by atoms with E-state index in [0.29, 0.717) is 9.32 Å². The van der Waals surface area contributed by atoms with Crippen LogP contribution in [0, 0.1) is 9.39 Å². The molecule has 0 bridgehead atoms. The van der Waals surface area contributed by atoms with Crippen molar-refractivity contribution < 1.29 is 13.9 Å². The molecule has 0 radical (unpaired) electrons. The van der Waals surface area contributed by atoms with Gasteiger partial charge >= 0.3 is 0 Å². The maximum atomic E-state index is 13.5. The molecular formula is C10H9FINO2. The highest BCUT2D eigenvalue weighted by Crippen LogP contribution is 2.31. The zero-order valence-corrected chi connectivity index (χ0v) is 10.4. The number of carbonyl (C=O) groups is 1. The van der Waals surface area contributed by atoms with Gasteiger partial charge in [-0.15, -0.1) is 0 Å². The molecule has 0 aliphatic carbocycles. The van der Waals surface area contributed by atoms with Gasteiger partial charge in [0.1, 0.15) is 17.1 Å². The lowest BCUT2D eigenvalue weighted by Gasteiger charge is -2.33. The van der Waals surface area contributed by atoms with Gasteiger partial charge in [-0.1, -0.05) is 0 Å². The number of amides is 1. The van der Waals surface area contributed by atoms with Crippen molar-refractivity contribution in [3.63, 3.8) is 0 Å². The lowest BCUT2D eigenvalue weighted by atomic mass is 10.1. The van der Waals surface area contributed by atoms with Crippen LogP contribution < -0.4 is 10.1 Å². The van der Waals surface area contributed by atoms with Crippen LogP contribution in [0.1, 0.15) is 24.2 Å². The van der Waals surface area contributed by atoms with Crippen LogP contribution in [-0.4, -0.2) is 11.6 Å². The van der Waals surface area contributed by atoms with Crippen molar-refractivity contribution in [2.24, 2.45) is 0 Å². The number of carbonyl (C=O) groups excluding carboxylic acids is 1. The number of rotatable bonds is 0. The van der Waals surface area contributed by atoms with Crippen LogP contribution in [0.15, 0.2) is 12.1 Å². The SMILES string of the molecule is CC1(C)NC(=O)c2c(F)cc(I)cc2O1. The molecule has 0 aromatic heterocycles. The second kappa shape index (κ2) is 3.33. The molecule has 0 saturated heterocycles. The first-order chi connectivity index (χ1) is 6.89. The smallest absolute Gasteiger partial charge is 0.261 e. The zero-order chi connectivity index (χ0) is 11.2. The standard InChI is InChI=1S/C10H9FINO2/c1-10(2)13-9(14)8-6(11)3-5(12)4-7(8)15-10/h3-4H,1-2H3,(H,13,14). The van der Waals surface area contributed by atoms with Crippen LogP contribution in [0.3, 0.4) is 0 Å². The highest BCUT2D eigenvalue weighted by Gasteiger charge is 2.33. The molecule has 1 N–H and O–H groups in total. The van der Waals surface area contributed by atoms with E-state index in [0.717, 1.165) is 0 Å². The van der Waals surface area contributed by atoms with E-state index in [9.17, 15) is 9.18 Å². The molecule has 0 atom stereocenters. The van der Waals surface area contributed by atoms with Crippen LogP contribution in [-0.2, 0) is 0 Å². The molecule has 3 nitrogen and oxygen atoms in total. The third-order valence-corrected chi connectivity index (χ3v) is 2.65. The Labute approximate surface area is 100 Å². The van der Waals surface area contributed by atoms with E-state index in [1.54, 1.807) is 19.9 Å². The van der Waals surface area contributed by atoms with E-state index in [1.165, 1.54) is 6.07 Å². The van der Waals surface area contributed by atoms with Crippen molar-refractivity contribution in [1.82, 2.24) is 5.32 Å². The molecule has 2 rings (SSSR count). The summed E-state index contributed by atoms with van der Waals surface area (Å²) in [4.78, 5) is 11.6. The minimum Gasteiger partial charge on any atom is -0.468 e. The van der Waals surface area contributed by atoms with Gasteiger partial charge in [0.2, 0.25) is 0 Å². The first kappa shape index (κ1) is 10.7. The predicted octanol–water partition coefficient (Wildman–Crippen LogP) is 2.29.